The number of aromatic nitrogens is 2. The molecule has 584 valence electrons. The average molecular weight is 1610 g/mol. The first-order chi connectivity index (χ1) is 64.6. The Balaban J connectivity index is 1.10. The van der Waals surface area contributed by atoms with Crippen molar-refractivity contribution in [1.29, 1.82) is 0 Å². The van der Waals surface area contributed by atoms with Crippen LogP contribution in [0.4, 0.5) is 34.1 Å². The Kier molecular flexibility index (Phi) is 12.6. The summed E-state index contributed by atoms with van der Waals surface area (Å²) in [5, 5.41) is -0.225. The van der Waals surface area contributed by atoms with Gasteiger partial charge in [-0.2, -0.15) is 0 Å². The molecule has 0 radical (unpaired) electrons. The fourth-order valence-corrected chi connectivity index (χ4v) is 19.9. The molecule has 16 aromatic rings. The summed E-state index contributed by atoms with van der Waals surface area (Å²) in [5.41, 5.74) is 9.52. The van der Waals surface area contributed by atoms with Gasteiger partial charge >= 0.3 is 416 Å². The summed E-state index contributed by atoms with van der Waals surface area (Å²) in [5.74, 6) is -1.60. The molecular weight excluding hydrogens is 1480 g/mol. The van der Waals surface area contributed by atoms with Crippen LogP contribution in [0.1, 0.15) is 248 Å². The van der Waals surface area contributed by atoms with E-state index in [1.807, 2.05) is 9.80 Å². The van der Waals surface area contributed by atoms with Gasteiger partial charge in [-0.3, -0.25) is 0 Å². The molecule has 0 bridgehead atoms. The fraction of sp³-hybridized carbons (Fsp3) is 0.268. The Morgan fingerprint density at radius 3 is 1.09 bits per heavy atom. The molecule has 4 nitrogen and oxygen atoms in total. The molecule has 0 saturated heterocycles. The van der Waals surface area contributed by atoms with Gasteiger partial charge in [0.1, 0.15) is 0 Å². The number of hydrogen-bond acceptors (Lipinski definition) is 2. The summed E-state index contributed by atoms with van der Waals surface area (Å²) in [6, 6.07) is 34.2. The van der Waals surface area contributed by atoms with Crippen molar-refractivity contribution in [2.45, 2.75) is 196 Å². The van der Waals surface area contributed by atoms with Crippen molar-refractivity contribution >= 4 is 89.9 Å². The van der Waals surface area contributed by atoms with Crippen LogP contribution >= 0.6 is 0 Å². The van der Waals surface area contributed by atoms with E-state index in [0.717, 1.165) is 55.6 Å². The number of anilines is 6. The Bertz CT molecular complexity index is 7950. The second-order valence-electron chi connectivity index (χ2n) is 39.4. The van der Waals surface area contributed by atoms with Crippen molar-refractivity contribution in [2.75, 3.05) is 9.80 Å². The molecule has 13 aromatic carbocycles. The van der Waals surface area contributed by atoms with Crippen LogP contribution in [0.2, 0.25) is 0 Å². The average Bonchev–Trinajstić information content (AvgIpc) is 1.35. The van der Waals surface area contributed by atoms with Crippen molar-refractivity contribution in [2.24, 2.45) is 0 Å². The van der Waals surface area contributed by atoms with Gasteiger partial charge in [0.2, 0.25) is 0 Å². The molecular formula is C112H110N4Se. The predicted molar refractivity (Wildman–Crippen MR) is 503 cm³/mol. The Morgan fingerprint density at radius 2 is 0.675 bits per heavy atom. The van der Waals surface area contributed by atoms with Crippen molar-refractivity contribution in [3.8, 4) is 67.0 Å². The van der Waals surface area contributed by atoms with Gasteiger partial charge in [0.25, 0.3) is 0 Å². The summed E-state index contributed by atoms with van der Waals surface area (Å²) >= 11 is -1.24. The van der Waals surface area contributed by atoms with Gasteiger partial charge in [-0.1, -0.05) is 195 Å². The van der Waals surface area contributed by atoms with E-state index in [2.05, 4.69) is 279 Å². The van der Waals surface area contributed by atoms with Crippen LogP contribution in [0.3, 0.4) is 0 Å². The first-order valence-electron chi connectivity index (χ1n) is 51.7. The van der Waals surface area contributed by atoms with Gasteiger partial charge in [-0.15, -0.1) is 0 Å². The van der Waals surface area contributed by atoms with E-state index in [9.17, 15) is 27.4 Å². The van der Waals surface area contributed by atoms with Crippen LogP contribution < -0.4 is 9.80 Å². The van der Waals surface area contributed by atoms with E-state index in [0.29, 0.717) is 56.1 Å². The van der Waals surface area contributed by atoms with E-state index in [1.54, 1.807) is 0 Å². The van der Waals surface area contributed by atoms with Crippen molar-refractivity contribution in [1.82, 2.24) is 9.13 Å². The number of rotatable bonds is 8. The monoisotopic (exact) mass is 1610 g/mol. The van der Waals surface area contributed by atoms with E-state index in [1.165, 1.54) is 9.13 Å². The summed E-state index contributed by atoms with van der Waals surface area (Å²) in [6.45, 7) is 44.9. The maximum absolute atomic E-state index is 12.2. The van der Waals surface area contributed by atoms with Gasteiger partial charge in [-0.25, -0.2) is 0 Å². The summed E-state index contributed by atoms with van der Waals surface area (Å²) < 4.78 is 228. The summed E-state index contributed by atoms with van der Waals surface area (Å²) in [7, 11) is 0. The number of benzene rings is 13. The zero-order valence-electron chi connectivity index (χ0n) is 92.7. The summed E-state index contributed by atoms with van der Waals surface area (Å²) in [6.07, 6.45) is -0.338. The van der Waals surface area contributed by atoms with Gasteiger partial charge < -0.3 is 0 Å². The predicted octanol–water partition coefficient (Wildman–Crippen LogP) is 31.0. The van der Waals surface area contributed by atoms with Gasteiger partial charge in [0, 0.05) is 23.1 Å². The third kappa shape index (κ3) is 12.6. The van der Waals surface area contributed by atoms with E-state index in [4.69, 9.17) is 2.74 Å². The molecule has 5 heteroatoms. The topological polar surface area (TPSA) is 16.3 Å². The normalized spacial score (nSPS) is 17.0. The van der Waals surface area contributed by atoms with E-state index >= 15 is 0 Å². The van der Waals surface area contributed by atoms with Crippen LogP contribution in [0.25, 0.3) is 108 Å². The molecule has 19 rings (SSSR count). The molecule has 117 heavy (non-hydrogen) atoms. The van der Waals surface area contributed by atoms with Crippen molar-refractivity contribution < 1.29 is 30.2 Å². The summed E-state index contributed by atoms with van der Waals surface area (Å²) in [4.78, 5) is 4.05. The molecule has 1 aliphatic carbocycles. The fourth-order valence-electron chi connectivity index (χ4n) is 17.5. The minimum absolute atomic E-state index is 0.00165. The van der Waals surface area contributed by atoms with Gasteiger partial charge in [0.05, 0.1) is 16.5 Å². The second-order valence-corrected chi connectivity index (χ2v) is 41.5. The first-order valence-corrected chi connectivity index (χ1v) is 42.4. The third-order valence-electron chi connectivity index (χ3n) is 24.2. The molecule has 3 aliphatic rings. The van der Waals surface area contributed by atoms with Crippen LogP contribution in [-0.4, -0.2) is 23.6 Å². The van der Waals surface area contributed by atoms with Gasteiger partial charge in [-0.05, 0) is 84.2 Å². The Labute approximate surface area is 731 Å². The first kappa shape index (κ1) is 54.9. The van der Waals surface area contributed by atoms with E-state index in [-0.39, 0.29) is 132 Å². The zero-order valence-corrected chi connectivity index (χ0v) is 72.4. The van der Waals surface area contributed by atoms with Crippen LogP contribution in [0.5, 0.6) is 0 Å². The number of nitrogens with zero attached hydrogens (tertiary/aromatic N) is 4. The molecule has 5 heterocycles. The molecule has 0 amide bonds. The Hall–Kier alpha value is -10.9. The quantitative estimate of drug-likeness (QED) is 0.141. The minimum atomic E-state index is -1.60. The molecule has 0 N–H and O–H groups in total. The maximum atomic E-state index is 12.2. The molecule has 2 aliphatic heterocycles. The molecule has 3 aromatic heterocycles. The van der Waals surface area contributed by atoms with Crippen LogP contribution in [0.15, 0.2) is 266 Å². The van der Waals surface area contributed by atoms with Crippen LogP contribution in [-0.2, 0) is 44.3 Å². The molecule has 0 spiro atoms. The number of fused-ring (bicyclic) bond motifs is 14. The molecule has 1 atom stereocenters. The number of para-hydroxylation sites is 2. The van der Waals surface area contributed by atoms with Crippen molar-refractivity contribution in [3.05, 3.63) is 333 Å². The van der Waals surface area contributed by atoms with Gasteiger partial charge in [0.15, 0.2) is 0 Å². The van der Waals surface area contributed by atoms with E-state index < -0.39 is 164 Å². The van der Waals surface area contributed by atoms with Crippen LogP contribution in [0, 0.1) is 0 Å². The third-order valence-corrected chi connectivity index (χ3v) is 26.5. The standard InChI is InChI=1S/C112H110N4Se/c1-106(2,3)72-46-38-67(39-47-72)87-59-76(110(13,14)15)60-88(68-40-48-73(49-41-68)107(4,5)6)103(87)115-93-65-79(113-91-35-27-24-32-82(91)99-81-31-23-22-30-71(81)58-95(99)113)54-56-84(93)100-85-57-55-80(114-92-36-28-25-33-83(92)101-86-34-26-29-37-98(86)117-105(101)114)66-94(85)116(97-64-78(112(19,20)21)63-96(115)102(97)100)104-89(69-42-50-74(51-43-69)108(7,8)9)61-77(111(16,17)18)62-90(104)70-44-52-75(53-45-70)109(10,11)12/h22-57,59-66,100H,58H2,1-21H3/i22D,23D,24D,25D,26D,27D,28D,29D,30D,31D,32D,33D,34D,35D,36D,37D,54D,55D,56D,57D,65D,66D. The molecule has 1 unspecified atom stereocenters. The second kappa shape index (κ2) is 26.8. The Morgan fingerprint density at radius 1 is 0.325 bits per heavy atom. The number of hydrogen-bond donors (Lipinski definition) is 0. The van der Waals surface area contributed by atoms with Crippen molar-refractivity contribution in [3.63, 3.8) is 0 Å². The molecule has 0 saturated carbocycles. The SMILES string of the molecule is [2H]c1c([2H])c([2H])c2c(c1[2H])Cc1c-2c2c([2H])c([2H])c([2H])c([2H])c2n1-c1c([2H])c([2H])c2c(c1[2H])N(c1c(-c3ccc(C(C)(C)C)cc3)cc(C(C)(C)C)cc1-c1ccc(C(C)(C)C)cc1)c1cc(C(C)(C)C)cc3c1C2c1c([2H])c([2H])c(-n2c4[se]c5c([2H])c([2H])c([2H])c([2H])c5c4c4c([2H])c([2H])c([2H])c([2H])c42)c([2H])c1N3c1c(-c2ccc(C(C)(C)C)cc2)cc(C(C)(C)C)cc1-c1ccc(C(C)(C)C)cc1. The molecule has 0 fully saturated rings. The zero-order chi connectivity index (χ0) is 101.